The van der Waals surface area contributed by atoms with E-state index in [1.165, 1.54) is 41.4 Å². The molecule has 0 aliphatic heterocycles. The quantitative estimate of drug-likeness (QED) is 0.636. The van der Waals surface area contributed by atoms with E-state index in [1.54, 1.807) is 25.2 Å². The fourth-order valence-corrected chi connectivity index (χ4v) is 2.55. The van der Waals surface area contributed by atoms with Crippen LogP contribution in [0, 0.1) is 5.82 Å². The highest BCUT2D eigenvalue weighted by atomic mass is 19.4. The smallest absolute Gasteiger partial charge is 0.337 e. The lowest BCUT2D eigenvalue weighted by atomic mass is 10.1. The van der Waals surface area contributed by atoms with Crippen molar-refractivity contribution in [2.45, 2.75) is 12.7 Å². The van der Waals surface area contributed by atoms with Crippen LogP contribution in [0.25, 0.3) is 5.69 Å². The number of nitrogens with zero attached hydrogens (tertiary/aromatic N) is 3. The molecular weight excluding hydrogens is 362 g/mol. The molecule has 0 spiro atoms. The number of aromatic nitrogens is 2. The van der Waals surface area contributed by atoms with Crippen molar-refractivity contribution in [1.29, 1.82) is 0 Å². The monoisotopic (exact) mass is 377 g/mol. The van der Waals surface area contributed by atoms with Crippen LogP contribution in [0.1, 0.15) is 21.6 Å². The van der Waals surface area contributed by atoms with Crippen LogP contribution in [0.4, 0.5) is 17.6 Å². The van der Waals surface area contributed by atoms with Gasteiger partial charge in [-0.1, -0.05) is 18.2 Å². The van der Waals surface area contributed by atoms with E-state index in [2.05, 4.69) is 5.10 Å². The first kappa shape index (κ1) is 18.6. The minimum atomic E-state index is -4.52. The maximum Gasteiger partial charge on any atom is 0.435 e. The summed E-state index contributed by atoms with van der Waals surface area (Å²) in [7, 11) is 1.55. The molecule has 0 saturated heterocycles. The predicted molar refractivity (Wildman–Crippen MR) is 90.8 cm³/mol. The number of alkyl halides is 3. The SMILES string of the molecule is CN(Cc1ccccc1F)C(=O)c1ccc(-n2ccc(C(F)(F)F)n2)cc1. The van der Waals surface area contributed by atoms with Crippen molar-refractivity contribution in [3.05, 3.63) is 83.4 Å². The second-order valence-electron chi connectivity index (χ2n) is 5.94. The Hall–Kier alpha value is -3.16. The first-order valence-corrected chi connectivity index (χ1v) is 7.98. The van der Waals surface area contributed by atoms with Crippen molar-refractivity contribution in [1.82, 2.24) is 14.7 Å². The highest BCUT2D eigenvalue weighted by molar-refractivity contribution is 5.94. The third-order valence-corrected chi connectivity index (χ3v) is 3.97. The fourth-order valence-electron chi connectivity index (χ4n) is 2.55. The number of hydrogen-bond donors (Lipinski definition) is 0. The first-order valence-electron chi connectivity index (χ1n) is 7.98. The van der Waals surface area contributed by atoms with Crippen molar-refractivity contribution < 1.29 is 22.4 Å². The minimum absolute atomic E-state index is 0.0986. The largest absolute Gasteiger partial charge is 0.435 e. The van der Waals surface area contributed by atoms with Crippen LogP contribution in [0.3, 0.4) is 0 Å². The van der Waals surface area contributed by atoms with Gasteiger partial charge in [0.25, 0.3) is 5.91 Å². The Morgan fingerprint density at radius 3 is 2.33 bits per heavy atom. The zero-order valence-corrected chi connectivity index (χ0v) is 14.2. The molecule has 1 amide bonds. The number of carbonyl (C=O) groups excluding carboxylic acids is 1. The normalized spacial score (nSPS) is 11.4. The van der Waals surface area contributed by atoms with Gasteiger partial charge in [-0.25, -0.2) is 9.07 Å². The maximum absolute atomic E-state index is 13.7. The van der Waals surface area contributed by atoms with Crippen LogP contribution in [0.15, 0.2) is 60.8 Å². The van der Waals surface area contributed by atoms with E-state index in [0.29, 0.717) is 16.8 Å². The van der Waals surface area contributed by atoms with E-state index >= 15 is 0 Å². The van der Waals surface area contributed by atoms with Gasteiger partial charge in [0.2, 0.25) is 0 Å². The zero-order chi connectivity index (χ0) is 19.6. The summed E-state index contributed by atoms with van der Waals surface area (Å²) in [6.07, 6.45) is -3.32. The lowest BCUT2D eigenvalue weighted by molar-refractivity contribution is -0.141. The summed E-state index contributed by atoms with van der Waals surface area (Å²) >= 11 is 0. The van der Waals surface area contributed by atoms with E-state index in [-0.39, 0.29) is 12.5 Å². The molecular formula is C19H15F4N3O. The highest BCUT2D eigenvalue weighted by Crippen LogP contribution is 2.27. The minimum Gasteiger partial charge on any atom is -0.337 e. The van der Waals surface area contributed by atoms with Gasteiger partial charge in [-0.2, -0.15) is 18.3 Å². The number of rotatable bonds is 4. The summed E-state index contributed by atoms with van der Waals surface area (Å²) in [4.78, 5) is 13.8. The summed E-state index contributed by atoms with van der Waals surface area (Å²) in [5.41, 5.74) is 0.119. The van der Waals surface area contributed by atoms with Crippen molar-refractivity contribution in [3.63, 3.8) is 0 Å². The molecule has 3 aromatic rings. The number of benzene rings is 2. The molecule has 0 fully saturated rings. The van der Waals surface area contributed by atoms with Gasteiger partial charge in [0, 0.05) is 30.9 Å². The number of amides is 1. The molecule has 140 valence electrons. The second kappa shape index (κ2) is 7.22. The van der Waals surface area contributed by atoms with Gasteiger partial charge < -0.3 is 4.90 Å². The Morgan fingerprint density at radius 1 is 1.07 bits per heavy atom. The van der Waals surface area contributed by atoms with Crippen molar-refractivity contribution in [2.75, 3.05) is 7.05 Å². The molecule has 0 radical (unpaired) electrons. The third-order valence-electron chi connectivity index (χ3n) is 3.97. The second-order valence-corrected chi connectivity index (χ2v) is 5.94. The molecule has 1 aromatic heterocycles. The van der Waals surface area contributed by atoms with Crippen LogP contribution < -0.4 is 0 Å². The summed E-state index contributed by atoms with van der Waals surface area (Å²) in [6, 6.07) is 13.0. The molecule has 27 heavy (non-hydrogen) atoms. The van der Waals surface area contributed by atoms with E-state index in [1.807, 2.05) is 0 Å². The first-order chi connectivity index (χ1) is 12.8. The standard InChI is InChI=1S/C19H15F4N3O/c1-25(12-14-4-2-3-5-16(14)20)18(27)13-6-8-15(9-7-13)26-11-10-17(24-26)19(21,22)23/h2-11H,12H2,1H3. The summed E-state index contributed by atoms with van der Waals surface area (Å²) in [6.45, 7) is 0.0986. The zero-order valence-electron chi connectivity index (χ0n) is 14.2. The van der Waals surface area contributed by atoms with Gasteiger partial charge in [-0.15, -0.1) is 0 Å². The van der Waals surface area contributed by atoms with Crippen LogP contribution in [-0.4, -0.2) is 27.6 Å². The third kappa shape index (κ3) is 4.16. The lowest BCUT2D eigenvalue weighted by Gasteiger charge is -2.18. The average molecular weight is 377 g/mol. The number of halogens is 4. The van der Waals surface area contributed by atoms with E-state index < -0.39 is 17.7 Å². The Kier molecular flexibility index (Phi) is 4.98. The molecule has 8 heteroatoms. The van der Waals surface area contributed by atoms with E-state index in [9.17, 15) is 22.4 Å². The molecule has 0 aliphatic carbocycles. The Balaban J connectivity index is 1.74. The summed E-state index contributed by atoms with van der Waals surface area (Å²) < 4.78 is 52.7. The van der Waals surface area contributed by atoms with E-state index in [4.69, 9.17) is 0 Å². The van der Waals surface area contributed by atoms with Crippen molar-refractivity contribution in [3.8, 4) is 5.69 Å². The highest BCUT2D eigenvalue weighted by Gasteiger charge is 2.33. The number of carbonyl (C=O) groups is 1. The maximum atomic E-state index is 13.7. The van der Waals surface area contributed by atoms with Gasteiger partial charge in [-0.05, 0) is 36.4 Å². The molecule has 1 heterocycles. The molecule has 0 aliphatic rings. The molecule has 0 saturated carbocycles. The predicted octanol–water partition coefficient (Wildman–Crippen LogP) is 4.30. The van der Waals surface area contributed by atoms with E-state index in [0.717, 1.165) is 10.7 Å². The van der Waals surface area contributed by atoms with Crippen LogP contribution in [0.5, 0.6) is 0 Å². The Labute approximate surface area is 152 Å². The molecule has 0 unspecified atom stereocenters. The van der Waals surface area contributed by atoms with Gasteiger partial charge in [0.05, 0.1) is 5.69 Å². The average Bonchev–Trinajstić information content (AvgIpc) is 3.14. The molecule has 0 bridgehead atoms. The van der Waals surface area contributed by atoms with Crippen molar-refractivity contribution in [2.24, 2.45) is 0 Å². The van der Waals surface area contributed by atoms with Gasteiger partial charge in [0.15, 0.2) is 5.69 Å². The van der Waals surface area contributed by atoms with Crippen LogP contribution >= 0.6 is 0 Å². The molecule has 4 nitrogen and oxygen atoms in total. The molecule has 3 rings (SSSR count). The lowest BCUT2D eigenvalue weighted by Crippen LogP contribution is -2.26. The van der Waals surface area contributed by atoms with Crippen LogP contribution in [0.2, 0.25) is 0 Å². The summed E-state index contributed by atoms with van der Waals surface area (Å²) in [5.74, 6) is -0.729. The van der Waals surface area contributed by atoms with Gasteiger partial charge >= 0.3 is 6.18 Å². The van der Waals surface area contributed by atoms with Crippen LogP contribution in [-0.2, 0) is 12.7 Å². The van der Waals surface area contributed by atoms with Crippen molar-refractivity contribution >= 4 is 5.91 Å². The molecule has 2 aromatic carbocycles. The number of hydrogen-bond acceptors (Lipinski definition) is 2. The molecule has 0 atom stereocenters. The molecule has 0 N–H and O–H groups in total. The summed E-state index contributed by atoms with van der Waals surface area (Å²) in [5, 5.41) is 3.48. The van der Waals surface area contributed by atoms with Gasteiger partial charge in [-0.3, -0.25) is 4.79 Å². The Bertz CT molecular complexity index is 948. The van der Waals surface area contributed by atoms with Gasteiger partial charge in [0.1, 0.15) is 5.82 Å². The topological polar surface area (TPSA) is 38.1 Å². The Morgan fingerprint density at radius 2 is 1.74 bits per heavy atom. The fraction of sp³-hybridized carbons (Fsp3) is 0.158.